The summed E-state index contributed by atoms with van der Waals surface area (Å²) >= 11 is 0. The van der Waals surface area contributed by atoms with Gasteiger partial charge >= 0.3 is 6.18 Å². The van der Waals surface area contributed by atoms with Crippen molar-refractivity contribution in [2.24, 2.45) is 5.92 Å². The van der Waals surface area contributed by atoms with E-state index in [1.807, 2.05) is 30.6 Å². The second kappa shape index (κ2) is 10.9. The van der Waals surface area contributed by atoms with Crippen LogP contribution in [0.3, 0.4) is 0 Å². The first-order chi connectivity index (χ1) is 18.1. The summed E-state index contributed by atoms with van der Waals surface area (Å²) in [5.74, 6) is -0.572. The zero-order valence-corrected chi connectivity index (χ0v) is 23.8. The van der Waals surface area contributed by atoms with Gasteiger partial charge in [0.15, 0.2) is 0 Å². The number of alkyl halides is 4. The molecule has 1 aromatic rings. The minimum atomic E-state index is -4.46. The van der Waals surface area contributed by atoms with Gasteiger partial charge in [-0.3, -0.25) is 14.5 Å². The third-order valence-electron chi connectivity index (χ3n) is 8.76. The highest BCUT2D eigenvalue weighted by molar-refractivity contribution is 5.86. The average molecular weight is 555 g/mol. The van der Waals surface area contributed by atoms with Gasteiger partial charge in [-0.15, -0.1) is 0 Å². The van der Waals surface area contributed by atoms with Crippen LogP contribution < -0.4 is 4.90 Å². The van der Waals surface area contributed by atoms with Crippen molar-refractivity contribution >= 4 is 17.5 Å². The van der Waals surface area contributed by atoms with E-state index < -0.39 is 23.3 Å². The van der Waals surface area contributed by atoms with Gasteiger partial charge < -0.3 is 14.7 Å². The molecule has 3 aliphatic heterocycles. The fraction of sp³-hybridized carbons (Fsp3) is 0.724. The predicted molar refractivity (Wildman–Crippen MR) is 143 cm³/mol. The summed E-state index contributed by atoms with van der Waals surface area (Å²) in [5.41, 5.74) is -1.40. The molecule has 1 atom stereocenters. The van der Waals surface area contributed by atoms with E-state index in [1.54, 1.807) is 30.0 Å². The van der Waals surface area contributed by atoms with Crippen molar-refractivity contribution in [3.05, 3.63) is 29.3 Å². The van der Waals surface area contributed by atoms with Crippen LogP contribution in [0.1, 0.15) is 69.9 Å². The van der Waals surface area contributed by atoms with Gasteiger partial charge in [-0.1, -0.05) is 6.07 Å². The number of rotatable bonds is 4. The molecular formula is C29H42F4N4O2. The van der Waals surface area contributed by atoms with Gasteiger partial charge in [0.25, 0.3) is 5.91 Å². The van der Waals surface area contributed by atoms with Crippen LogP contribution in [0.15, 0.2) is 18.2 Å². The summed E-state index contributed by atoms with van der Waals surface area (Å²) in [6.07, 6.45) is -1.97. The molecule has 2 amide bonds. The van der Waals surface area contributed by atoms with Crippen molar-refractivity contribution < 1.29 is 27.2 Å². The standard InChI is InChI=1S/C29H42F4N4O2/c1-27(2,3)37-17-12-28(30,19-37)26(39)36-15-8-20(9-16-36)23-7-6-22(29(31,32)33)18-24(23)35-13-10-21(11-14-35)25(38)34(4)5/h6-7,18,20-21H,8-17,19H2,1-5H3/t28-/m1/s1. The molecule has 10 heteroatoms. The Bertz CT molecular complexity index is 1050. The van der Waals surface area contributed by atoms with Crippen LogP contribution in [0.4, 0.5) is 23.2 Å². The molecule has 0 bridgehead atoms. The van der Waals surface area contributed by atoms with Crippen molar-refractivity contribution in [1.82, 2.24) is 14.7 Å². The summed E-state index contributed by atoms with van der Waals surface area (Å²) in [6.45, 7) is 8.43. The zero-order valence-electron chi connectivity index (χ0n) is 23.8. The molecule has 218 valence electrons. The monoisotopic (exact) mass is 554 g/mol. The first-order valence-electron chi connectivity index (χ1n) is 14.0. The van der Waals surface area contributed by atoms with Gasteiger partial charge in [-0.2, -0.15) is 13.2 Å². The van der Waals surface area contributed by atoms with Crippen molar-refractivity contribution in [1.29, 1.82) is 0 Å². The first kappa shape index (κ1) is 29.6. The fourth-order valence-electron chi connectivity index (χ4n) is 6.27. The van der Waals surface area contributed by atoms with Crippen LogP contribution in [0.5, 0.6) is 0 Å². The first-order valence-corrected chi connectivity index (χ1v) is 14.0. The third kappa shape index (κ3) is 6.36. The summed E-state index contributed by atoms with van der Waals surface area (Å²) in [6, 6.07) is 3.94. The highest BCUT2D eigenvalue weighted by Gasteiger charge is 2.49. The molecule has 0 N–H and O–H groups in total. The van der Waals surface area contributed by atoms with E-state index in [0.29, 0.717) is 64.1 Å². The maximum absolute atomic E-state index is 15.7. The third-order valence-corrected chi connectivity index (χ3v) is 8.76. The SMILES string of the molecule is CN(C)C(=O)C1CCN(c2cc(C(F)(F)F)ccc2C2CCN(C(=O)[C@@]3(F)CCN(C(C)(C)C)C3)CC2)CC1. The molecule has 3 saturated heterocycles. The summed E-state index contributed by atoms with van der Waals surface area (Å²) in [5, 5.41) is 0. The maximum atomic E-state index is 15.7. The number of piperidine rings is 2. The number of carbonyl (C=O) groups excluding carboxylic acids is 2. The maximum Gasteiger partial charge on any atom is 0.416 e. The van der Waals surface area contributed by atoms with Gasteiger partial charge in [-0.05, 0) is 70.1 Å². The molecule has 3 aliphatic rings. The minimum Gasteiger partial charge on any atom is -0.371 e. The topological polar surface area (TPSA) is 47.1 Å². The Labute approximate surface area is 229 Å². The second-order valence-corrected chi connectivity index (χ2v) is 12.6. The van der Waals surface area contributed by atoms with Crippen LogP contribution in [-0.2, 0) is 15.8 Å². The normalized spacial score (nSPS) is 24.3. The number of halogens is 4. The number of hydrogen-bond donors (Lipinski definition) is 0. The highest BCUT2D eigenvalue weighted by Crippen LogP contribution is 2.41. The molecule has 0 radical (unpaired) electrons. The zero-order chi connectivity index (χ0) is 28.8. The van der Waals surface area contributed by atoms with E-state index in [0.717, 1.165) is 11.6 Å². The van der Waals surface area contributed by atoms with Crippen LogP contribution in [-0.4, -0.2) is 91.1 Å². The Hall–Kier alpha value is -2.36. The molecule has 0 saturated carbocycles. The Kier molecular flexibility index (Phi) is 8.28. The Morgan fingerprint density at radius 3 is 2.08 bits per heavy atom. The minimum absolute atomic E-state index is 0.0299. The molecule has 0 aliphatic carbocycles. The predicted octanol–water partition coefficient (Wildman–Crippen LogP) is 4.93. The highest BCUT2D eigenvalue weighted by atomic mass is 19.4. The number of carbonyl (C=O) groups is 2. The van der Waals surface area contributed by atoms with Crippen LogP contribution in [0.25, 0.3) is 0 Å². The molecule has 3 fully saturated rings. The number of benzene rings is 1. The Balaban J connectivity index is 1.47. The molecule has 1 aromatic carbocycles. The van der Waals surface area contributed by atoms with E-state index >= 15 is 4.39 Å². The number of nitrogens with zero attached hydrogens (tertiary/aromatic N) is 4. The largest absolute Gasteiger partial charge is 0.416 e. The van der Waals surface area contributed by atoms with Crippen LogP contribution in [0.2, 0.25) is 0 Å². The molecule has 0 aromatic heterocycles. The summed E-state index contributed by atoms with van der Waals surface area (Å²) < 4.78 is 56.6. The van der Waals surface area contributed by atoms with Crippen LogP contribution in [0, 0.1) is 5.92 Å². The average Bonchev–Trinajstić information content (AvgIpc) is 3.31. The summed E-state index contributed by atoms with van der Waals surface area (Å²) in [4.78, 5) is 32.8. The van der Waals surface area contributed by atoms with E-state index in [1.165, 1.54) is 6.07 Å². The fourth-order valence-corrected chi connectivity index (χ4v) is 6.27. The molecule has 39 heavy (non-hydrogen) atoms. The van der Waals surface area contributed by atoms with Crippen molar-refractivity contribution in [2.45, 2.75) is 76.2 Å². The molecule has 4 rings (SSSR count). The Morgan fingerprint density at radius 2 is 1.56 bits per heavy atom. The van der Waals surface area contributed by atoms with Gasteiger partial charge in [0, 0.05) is 76.9 Å². The lowest BCUT2D eigenvalue weighted by Gasteiger charge is -2.39. The Morgan fingerprint density at radius 1 is 0.949 bits per heavy atom. The quantitative estimate of drug-likeness (QED) is 0.496. The van der Waals surface area contributed by atoms with Gasteiger partial charge in [0.2, 0.25) is 11.6 Å². The number of anilines is 1. The lowest BCUT2D eigenvalue weighted by Crippen LogP contribution is -2.51. The van der Waals surface area contributed by atoms with Crippen molar-refractivity contribution in [3.8, 4) is 0 Å². The van der Waals surface area contributed by atoms with E-state index in [-0.39, 0.29) is 36.2 Å². The molecular weight excluding hydrogens is 512 g/mol. The van der Waals surface area contributed by atoms with Gasteiger partial charge in [-0.25, -0.2) is 4.39 Å². The smallest absolute Gasteiger partial charge is 0.371 e. The lowest BCUT2D eigenvalue weighted by atomic mass is 9.85. The van der Waals surface area contributed by atoms with Crippen molar-refractivity contribution in [2.75, 3.05) is 58.3 Å². The van der Waals surface area contributed by atoms with Crippen molar-refractivity contribution in [3.63, 3.8) is 0 Å². The lowest BCUT2D eigenvalue weighted by molar-refractivity contribution is -0.144. The van der Waals surface area contributed by atoms with E-state index in [9.17, 15) is 22.8 Å². The molecule has 0 unspecified atom stereocenters. The second-order valence-electron chi connectivity index (χ2n) is 12.6. The molecule has 6 nitrogen and oxygen atoms in total. The molecule has 0 spiro atoms. The number of likely N-dealkylation sites (tertiary alicyclic amines) is 2. The molecule has 3 heterocycles. The number of hydrogen-bond acceptors (Lipinski definition) is 4. The van der Waals surface area contributed by atoms with E-state index in [4.69, 9.17) is 0 Å². The van der Waals surface area contributed by atoms with Gasteiger partial charge in [0.1, 0.15) is 0 Å². The summed E-state index contributed by atoms with van der Waals surface area (Å²) in [7, 11) is 3.43. The number of amides is 2. The van der Waals surface area contributed by atoms with Gasteiger partial charge in [0.05, 0.1) is 5.56 Å². The van der Waals surface area contributed by atoms with E-state index in [2.05, 4.69) is 0 Å². The van der Waals surface area contributed by atoms with Crippen LogP contribution >= 0.6 is 0 Å².